The Hall–Kier alpha value is -4.13. The van der Waals surface area contributed by atoms with Gasteiger partial charge in [0.05, 0.1) is 11.3 Å². The summed E-state index contributed by atoms with van der Waals surface area (Å²) in [5.41, 5.74) is 10.4. The van der Waals surface area contributed by atoms with Gasteiger partial charge < -0.3 is 21.4 Å². The number of H-pyrrole nitrogens is 1. The third kappa shape index (κ3) is 4.72. The van der Waals surface area contributed by atoms with Crippen molar-refractivity contribution in [1.29, 1.82) is 0 Å². The molecule has 31 heavy (non-hydrogen) atoms. The molecule has 2 heterocycles. The SMILES string of the molecule is CC(=O)Cc1ccc(Nc2cc(NCc3cccc4[nH]ccc34)c(C(N)=O)cn2)cc1. The summed E-state index contributed by atoms with van der Waals surface area (Å²) in [4.78, 5) is 30.7. The van der Waals surface area contributed by atoms with E-state index >= 15 is 0 Å². The van der Waals surface area contributed by atoms with Crippen LogP contribution >= 0.6 is 0 Å². The van der Waals surface area contributed by atoms with Gasteiger partial charge in [0.25, 0.3) is 5.91 Å². The zero-order chi connectivity index (χ0) is 21.8. The van der Waals surface area contributed by atoms with E-state index in [-0.39, 0.29) is 5.78 Å². The first kappa shape index (κ1) is 20.2. The summed E-state index contributed by atoms with van der Waals surface area (Å²) in [6.07, 6.45) is 3.78. The standard InChI is InChI=1S/C24H23N5O2/c1-15(30)11-16-5-7-18(8-6-16)29-23-12-22(20(14-28-23)24(25)31)27-13-17-3-2-4-21-19(17)9-10-26-21/h2-10,12,14,26H,11,13H2,1H3,(H2,25,31)(H2,27,28,29). The Labute approximate surface area is 179 Å². The van der Waals surface area contributed by atoms with Gasteiger partial charge in [-0.1, -0.05) is 24.3 Å². The molecule has 0 radical (unpaired) electrons. The smallest absolute Gasteiger partial charge is 0.252 e. The van der Waals surface area contributed by atoms with Crippen molar-refractivity contribution in [2.45, 2.75) is 19.9 Å². The van der Waals surface area contributed by atoms with Crippen LogP contribution < -0.4 is 16.4 Å². The Morgan fingerprint density at radius 1 is 1.10 bits per heavy atom. The van der Waals surface area contributed by atoms with Crippen molar-refractivity contribution in [2.75, 3.05) is 10.6 Å². The molecule has 5 N–H and O–H groups in total. The lowest BCUT2D eigenvalue weighted by Crippen LogP contribution is -2.15. The Morgan fingerprint density at radius 2 is 1.90 bits per heavy atom. The molecular formula is C24H23N5O2. The van der Waals surface area contributed by atoms with Crippen LogP contribution in [-0.4, -0.2) is 21.7 Å². The van der Waals surface area contributed by atoms with Crippen molar-refractivity contribution in [3.05, 3.63) is 83.7 Å². The monoisotopic (exact) mass is 413 g/mol. The molecule has 0 aliphatic rings. The van der Waals surface area contributed by atoms with E-state index in [2.05, 4.69) is 20.6 Å². The molecule has 4 rings (SSSR count). The molecule has 2 aromatic carbocycles. The molecule has 0 spiro atoms. The molecule has 7 heteroatoms. The number of Topliss-reactive ketones (excluding diaryl/α,β-unsaturated/α-hetero) is 1. The quantitative estimate of drug-likeness (QED) is 0.347. The molecule has 0 aliphatic carbocycles. The molecule has 0 unspecified atom stereocenters. The normalized spacial score (nSPS) is 10.7. The van der Waals surface area contributed by atoms with E-state index in [1.165, 1.54) is 6.20 Å². The zero-order valence-electron chi connectivity index (χ0n) is 17.1. The second-order valence-electron chi connectivity index (χ2n) is 7.39. The highest BCUT2D eigenvalue weighted by molar-refractivity contribution is 5.98. The van der Waals surface area contributed by atoms with Gasteiger partial charge in [-0.05, 0) is 42.3 Å². The predicted molar refractivity (Wildman–Crippen MR) is 122 cm³/mol. The van der Waals surface area contributed by atoms with Crippen molar-refractivity contribution in [1.82, 2.24) is 9.97 Å². The van der Waals surface area contributed by atoms with Crippen LogP contribution in [-0.2, 0) is 17.8 Å². The van der Waals surface area contributed by atoms with Crippen LogP contribution in [0, 0.1) is 0 Å². The maximum absolute atomic E-state index is 11.9. The zero-order valence-corrected chi connectivity index (χ0v) is 17.1. The van der Waals surface area contributed by atoms with Gasteiger partial charge in [-0.2, -0.15) is 0 Å². The van der Waals surface area contributed by atoms with Crippen molar-refractivity contribution in [3.8, 4) is 0 Å². The van der Waals surface area contributed by atoms with Crippen LogP contribution in [0.5, 0.6) is 0 Å². The molecule has 0 fully saturated rings. The van der Waals surface area contributed by atoms with E-state index in [0.29, 0.717) is 30.0 Å². The number of nitrogens with two attached hydrogens (primary N) is 1. The van der Waals surface area contributed by atoms with Crippen molar-refractivity contribution >= 4 is 39.8 Å². The minimum absolute atomic E-state index is 0.121. The van der Waals surface area contributed by atoms with E-state index in [1.54, 1.807) is 13.0 Å². The largest absolute Gasteiger partial charge is 0.380 e. The number of carbonyl (C=O) groups excluding carboxylic acids is 2. The van der Waals surface area contributed by atoms with Gasteiger partial charge in [0.1, 0.15) is 11.6 Å². The number of primary amides is 1. The number of hydrogen-bond donors (Lipinski definition) is 4. The molecule has 0 bridgehead atoms. The number of rotatable bonds is 8. The maximum atomic E-state index is 11.9. The first-order valence-corrected chi connectivity index (χ1v) is 9.94. The van der Waals surface area contributed by atoms with Crippen LogP contribution in [0.25, 0.3) is 10.9 Å². The summed E-state index contributed by atoms with van der Waals surface area (Å²) < 4.78 is 0. The van der Waals surface area contributed by atoms with Crippen LogP contribution in [0.2, 0.25) is 0 Å². The van der Waals surface area contributed by atoms with Gasteiger partial charge in [-0.3, -0.25) is 9.59 Å². The Bertz CT molecular complexity index is 1240. The summed E-state index contributed by atoms with van der Waals surface area (Å²) in [5, 5.41) is 7.66. The van der Waals surface area contributed by atoms with E-state index in [0.717, 1.165) is 27.7 Å². The summed E-state index contributed by atoms with van der Waals surface area (Å²) in [7, 11) is 0. The third-order valence-electron chi connectivity index (χ3n) is 5.00. The number of hydrogen-bond acceptors (Lipinski definition) is 5. The minimum Gasteiger partial charge on any atom is -0.380 e. The van der Waals surface area contributed by atoms with E-state index < -0.39 is 5.91 Å². The molecule has 4 aromatic rings. The van der Waals surface area contributed by atoms with Crippen LogP contribution in [0.4, 0.5) is 17.2 Å². The lowest BCUT2D eigenvalue weighted by Gasteiger charge is -2.13. The number of ketones is 1. The second kappa shape index (κ2) is 8.71. The minimum atomic E-state index is -0.546. The molecule has 1 amide bonds. The average Bonchev–Trinajstić information content (AvgIpc) is 3.23. The second-order valence-corrected chi connectivity index (χ2v) is 7.39. The van der Waals surface area contributed by atoms with Gasteiger partial charge in [0, 0.05) is 48.0 Å². The van der Waals surface area contributed by atoms with E-state index in [9.17, 15) is 9.59 Å². The fraction of sp³-hybridized carbons (Fsp3) is 0.125. The number of nitrogens with zero attached hydrogens (tertiary/aromatic N) is 1. The Kier molecular flexibility index (Phi) is 5.66. The van der Waals surface area contributed by atoms with Gasteiger partial charge in [-0.15, -0.1) is 0 Å². The highest BCUT2D eigenvalue weighted by Gasteiger charge is 2.11. The Morgan fingerprint density at radius 3 is 2.65 bits per heavy atom. The van der Waals surface area contributed by atoms with Gasteiger partial charge >= 0.3 is 0 Å². The van der Waals surface area contributed by atoms with Crippen molar-refractivity contribution in [3.63, 3.8) is 0 Å². The number of fused-ring (bicyclic) bond motifs is 1. The van der Waals surface area contributed by atoms with Gasteiger partial charge in [0.2, 0.25) is 0 Å². The third-order valence-corrected chi connectivity index (χ3v) is 5.00. The number of pyridine rings is 1. The molecule has 0 saturated carbocycles. The number of carbonyl (C=O) groups is 2. The number of nitrogens with one attached hydrogen (secondary N) is 3. The fourth-order valence-corrected chi connectivity index (χ4v) is 3.50. The summed E-state index contributed by atoms with van der Waals surface area (Å²) in [6, 6.07) is 17.4. The molecule has 0 aliphatic heterocycles. The summed E-state index contributed by atoms with van der Waals surface area (Å²) >= 11 is 0. The van der Waals surface area contributed by atoms with Gasteiger partial charge in [0.15, 0.2) is 0 Å². The maximum Gasteiger partial charge on any atom is 0.252 e. The molecule has 0 saturated heterocycles. The molecule has 0 atom stereocenters. The lowest BCUT2D eigenvalue weighted by atomic mass is 10.1. The predicted octanol–water partition coefficient (Wildman–Crippen LogP) is 4.15. The number of anilines is 3. The van der Waals surface area contributed by atoms with Crippen molar-refractivity contribution < 1.29 is 9.59 Å². The van der Waals surface area contributed by atoms with Gasteiger partial charge in [-0.25, -0.2) is 4.98 Å². The fourth-order valence-electron chi connectivity index (χ4n) is 3.50. The number of amides is 1. The number of aromatic amines is 1. The molecule has 156 valence electrons. The highest BCUT2D eigenvalue weighted by atomic mass is 16.1. The van der Waals surface area contributed by atoms with E-state index in [4.69, 9.17) is 5.73 Å². The number of benzene rings is 2. The summed E-state index contributed by atoms with van der Waals surface area (Å²) in [6.45, 7) is 2.10. The first-order chi connectivity index (χ1) is 15.0. The summed E-state index contributed by atoms with van der Waals surface area (Å²) in [5.74, 6) is 0.150. The average molecular weight is 413 g/mol. The van der Waals surface area contributed by atoms with Crippen LogP contribution in [0.1, 0.15) is 28.4 Å². The molecular weight excluding hydrogens is 390 g/mol. The van der Waals surface area contributed by atoms with Crippen LogP contribution in [0.3, 0.4) is 0 Å². The lowest BCUT2D eigenvalue weighted by molar-refractivity contribution is -0.116. The van der Waals surface area contributed by atoms with Crippen molar-refractivity contribution in [2.24, 2.45) is 5.73 Å². The highest BCUT2D eigenvalue weighted by Crippen LogP contribution is 2.24. The first-order valence-electron chi connectivity index (χ1n) is 9.94. The van der Waals surface area contributed by atoms with E-state index in [1.807, 2.05) is 54.7 Å². The molecule has 7 nitrogen and oxygen atoms in total. The topological polar surface area (TPSA) is 113 Å². The number of aromatic nitrogens is 2. The Balaban J connectivity index is 1.54. The van der Waals surface area contributed by atoms with Crippen LogP contribution in [0.15, 0.2) is 67.0 Å². The molecule has 2 aromatic heterocycles.